The number of hydrogen-bond acceptors (Lipinski definition) is 2. The summed E-state index contributed by atoms with van der Waals surface area (Å²) in [5.74, 6) is 0.932. The highest BCUT2D eigenvalue weighted by molar-refractivity contribution is 14.1. The average Bonchev–Trinajstić information content (AvgIpc) is 2.61. The number of aryl methyl sites for hydroxylation is 2. The molecule has 0 bridgehead atoms. The first-order valence-corrected chi connectivity index (χ1v) is 9.48. The van der Waals surface area contributed by atoms with Crippen LogP contribution in [0.3, 0.4) is 0 Å². The molecule has 128 valence electrons. The van der Waals surface area contributed by atoms with Crippen molar-refractivity contribution in [3.63, 3.8) is 0 Å². The zero-order valence-corrected chi connectivity index (χ0v) is 16.6. The Balaban J connectivity index is 2.21. The van der Waals surface area contributed by atoms with Crippen molar-refractivity contribution in [2.24, 2.45) is 0 Å². The van der Waals surface area contributed by atoms with E-state index in [0.29, 0.717) is 13.0 Å². The highest BCUT2D eigenvalue weighted by atomic mass is 127. The smallest absolute Gasteiger partial charge is 0.224 e. The molecule has 0 unspecified atom stereocenters. The molecular formula is C20H24INO2. The molecule has 0 aliphatic heterocycles. The highest BCUT2D eigenvalue weighted by Gasteiger charge is 2.11. The normalized spacial score (nSPS) is 10.5. The molecule has 1 amide bonds. The zero-order chi connectivity index (χ0) is 17.5. The van der Waals surface area contributed by atoms with E-state index in [2.05, 4.69) is 60.0 Å². The van der Waals surface area contributed by atoms with Gasteiger partial charge in [-0.2, -0.15) is 0 Å². The first kappa shape index (κ1) is 18.8. The van der Waals surface area contributed by atoms with Crippen LogP contribution in [0.5, 0.6) is 5.75 Å². The van der Waals surface area contributed by atoms with Crippen molar-refractivity contribution >= 4 is 34.2 Å². The minimum absolute atomic E-state index is 0.0137. The molecule has 4 heteroatoms. The summed E-state index contributed by atoms with van der Waals surface area (Å²) < 4.78 is 7.18. The van der Waals surface area contributed by atoms with E-state index in [-0.39, 0.29) is 5.91 Å². The van der Waals surface area contributed by atoms with Crippen LogP contribution in [0.15, 0.2) is 36.4 Å². The SMILES string of the molecule is CCC(=O)Nc1cccc(I)c1COc1ccc(CC)cc1CC. The zero-order valence-electron chi connectivity index (χ0n) is 14.5. The van der Waals surface area contributed by atoms with E-state index in [1.165, 1.54) is 11.1 Å². The predicted octanol–water partition coefficient (Wildman–Crippen LogP) is 5.34. The number of benzene rings is 2. The highest BCUT2D eigenvalue weighted by Crippen LogP contribution is 2.26. The number of hydrogen-bond donors (Lipinski definition) is 1. The number of rotatable bonds is 7. The van der Waals surface area contributed by atoms with Crippen molar-refractivity contribution in [3.8, 4) is 5.75 Å². The first-order chi connectivity index (χ1) is 11.6. The molecule has 2 aromatic rings. The van der Waals surface area contributed by atoms with Crippen LogP contribution in [0, 0.1) is 3.57 Å². The van der Waals surface area contributed by atoms with Gasteiger partial charge >= 0.3 is 0 Å². The molecule has 2 aromatic carbocycles. The number of halogens is 1. The maximum absolute atomic E-state index is 11.7. The van der Waals surface area contributed by atoms with Gasteiger partial charge in [0.1, 0.15) is 12.4 Å². The lowest BCUT2D eigenvalue weighted by Gasteiger charge is -2.16. The molecule has 0 aliphatic carbocycles. The monoisotopic (exact) mass is 437 g/mol. The van der Waals surface area contributed by atoms with Gasteiger partial charge in [0.15, 0.2) is 0 Å². The number of ether oxygens (including phenoxy) is 1. The van der Waals surface area contributed by atoms with Crippen molar-refractivity contribution in [1.29, 1.82) is 0 Å². The van der Waals surface area contributed by atoms with Crippen LogP contribution in [0.1, 0.15) is 43.9 Å². The molecule has 0 aliphatic rings. The van der Waals surface area contributed by atoms with E-state index >= 15 is 0 Å². The van der Waals surface area contributed by atoms with Crippen molar-refractivity contribution in [3.05, 3.63) is 56.7 Å². The molecule has 0 atom stereocenters. The van der Waals surface area contributed by atoms with Crippen LogP contribution in [0.25, 0.3) is 0 Å². The molecule has 0 fully saturated rings. The van der Waals surface area contributed by atoms with Gasteiger partial charge in [0.05, 0.1) is 0 Å². The van der Waals surface area contributed by atoms with Crippen molar-refractivity contribution < 1.29 is 9.53 Å². The van der Waals surface area contributed by atoms with Crippen LogP contribution in [0.2, 0.25) is 0 Å². The molecule has 0 saturated carbocycles. The van der Waals surface area contributed by atoms with Crippen molar-refractivity contribution in [2.45, 2.75) is 46.6 Å². The van der Waals surface area contributed by atoms with Gasteiger partial charge < -0.3 is 10.1 Å². The van der Waals surface area contributed by atoms with Gasteiger partial charge in [-0.25, -0.2) is 0 Å². The predicted molar refractivity (Wildman–Crippen MR) is 108 cm³/mol. The number of anilines is 1. The maximum Gasteiger partial charge on any atom is 0.224 e. The molecule has 24 heavy (non-hydrogen) atoms. The Labute approximate surface area is 157 Å². The Hall–Kier alpha value is -1.56. The fourth-order valence-corrected chi connectivity index (χ4v) is 3.13. The third-order valence-electron chi connectivity index (χ3n) is 4.00. The molecular weight excluding hydrogens is 413 g/mol. The van der Waals surface area contributed by atoms with E-state index in [4.69, 9.17) is 4.74 Å². The fraction of sp³-hybridized carbons (Fsp3) is 0.350. The van der Waals surface area contributed by atoms with Gasteiger partial charge in [-0.05, 0) is 64.8 Å². The van der Waals surface area contributed by atoms with E-state index in [9.17, 15) is 4.79 Å². The van der Waals surface area contributed by atoms with E-state index in [1.807, 2.05) is 25.1 Å². The number of amides is 1. The Kier molecular flexibility index (Phi) is 7.09. The van der Waals surface area contributed by atoms with Crippen LogP contribution in [-0.2, 0) is 24.2 Å². The molecule has 0 heterocycles. The summed E-state index contributed by atoms with van der Waals surface area (Å²) in [6.07, 6.45) is 2.43. The number of carbonyl (C=O) groups excluding carboxylic acids is 1. The second-order valence-electron chi connectivity index (χ2n) is 5.61. The fourth-order valence-electron chi connectivity index (χ4n) is 2.48. The van der Waals surface area contributed by atoms with Gasteiger partial charge in [-0.1, -0.05) is 39.0 Å². The Bertz CT molecular complexity index is 713. The molecule has 0 aromatic heterocycles. The second-order valence-corrected chi connectivity index (χ2v) is 6.77. The van der Waals surface area contributed by atoms with Crippen LogP contribution >= 0.6 is 22.6 Å². The Morgan fingerprint density at radius 3 is 2.58 bits per heavy atom. The van der Waals surface area contributed by atoms with Gasteiger partial charge in [0.25, 0.3) is 0 Å². The summed E-state index contributed by atoms with van der Waals surface area (Å²) in [6, 6.07) is 12.3. The minimum atomic E-state index is 0.0137. The van der Waals surface area contributed by atoms with Gasteiger partial charge in [-0.15, -0.1) is 0 Å². The molecule has 1 N–H and O–H groups in total. The number of nitrogens with one attached hydrogen (secondary N) is 1. The molecule has 2 rings (SSSR count). The standard InChI is InChI=1S/C20H24INO2/c1-4-14-10-11-19(15(5-2)12-14)24-13-16-17(21)8-7-9-18(16)22-20(23)6-3/h7-12H,4-6,13H2,1-3H3,(H,22,23). The molecule has 3 nitrogen and oxygen atoms in total. The maximum atomic E-state index is 11.7. The van der Waals surface area contributed by atoms with E-state index in [1.54, 1.807) is 0 Å². The quantitative estimate of drug-likeness (QED) is 0.594. The Morgan fingerprint density at radius 1 is 1.12 bits per heavy atom. The second kappa shape index (κ2) is 9.06. The number of carbonyl (C=O) groups is 1. The molecule has 0 spiro atoms. The van der Waals surface area contributed by atoms with Crippen LogP contribution in [-0.4, -0.2) is 5.91 Å². The van der Waals surface area contributed by atoms with Crippen LogP contribution < -0.4 is 10.1 Å². The summed E-state index contributed by atoms with van der Waals surface area (Å²) in [5.41, 5.74) is 4.39. The molecule has 0 saturated heterocycles. The van der Waals surface area contributed by atoms with Gasteiger partial charge in [-0.3, -0.25) is 4.79 Å². The van der Waals surface area contributed by atoms with E-state index in [0.717, 1.165) is 33.4 Å². The van der Waals surface area contributed by atoms with Gasteiger partial charge in [0.2, 0.25) is 5.91 Å². The lowest BCUT2D eigenvalue weighted by molar-refractivity contribution is -0.115. The largest absolute Gasteiger partial charge is 0.489 e. The van der Waals surface area contributed by atoms with E-state index < -0.39 is 0 Å². The topological polar surface area (TPSA) is 38.3 Å². The summed E-state index contributed by atoms with van der Waals surface area (Å²) in [5, 5.41) is 2.96. The first-order valence-electron chi connectivity index (χ1n) is 8.40. The van der Waals surface area contributed by atoms with Crippen molar-refractivity contribution in [2.75, 3.05) is 5.32 Å². The Morgan fingerprint density at radius 2 is 1.92 bits per heavy atom. The summed E-state index contributed by atoms with van der Waals surface area (Å²) in [4.78, 5) is 11.7. The summed E-state index contributed by atoms with van der Waals surface area (Å²) >= 11 is 2.29. The average molecular weight is 437 g/mol. The molecule has 0 radical (unpaired) electrons. The van der Waals surface area contributed by atoms with Crippen molar-refractivity contribution in [1.82, 2.24) is 0 Å². The van der Waals surface area contributed by atoms with Crippen LogP contribution in [0.4, 0.5) is 5.69 Å². The van der Waals surface area contributed by atoms with Gasteiger partial charge in [0, 0.05) is 21.2 Å². The third-order valence-corrected chi connectivity index (χ3v) is 5.01. The minimum Gasteiger partial charge on any atom is -0.489 e. The third kappa shape index (κ3) is 4.72. The lowest BCUT2D eigenvalue weighted by atomic mass is 10.1. The lowest BCUT2D eigenvalue weighted by Crippen LogP contribution is -2.13. The summed E-state index contributed by atoms with van der Waals surface area (Å²) in [7, 11) is 0. The summed E-state index contributed by atoms with van der Waals surface area (Å²) in [6.45, 7) is 6.59.